The second-order valence-electron chi connectivity index (χ2n) is 7.59. The van der Waals surface area contributed by atoms with E-state index in [4.69, 9.17) is 27.9 Å². The number of hydrogen-bond donors (Lipinski definition) is 1. The number of aliphatic hydroxyl groups excluding tert-OH is 1. The molecule has 0 aromatic heterocycles. The minimum atomic E-state index is -0.790. The average molecular weight is 475 g/mol. The van der Waals surface area contributed by atoms with Crippen LogP contribution < -0.4 is 4.74 Å². The second-order valence-corrected chi connectivity index (χ2v) is 8.41. The van der Waals surface area contributed by atoms with Crippen molar-refractivity contribution in [1.82, 2.24) is 9.80 Å². The van der Waals surface area contributed by atoms with Gasteiger partial charge in [-0.05, 0) is 56.1 Å². The zero-order valence-corrected chi connectivity index (χ0v) is 19.4. The molecule has 0 bridgehead atoms. The number of carbonyl (C=O) groups excluding carboxylic acids is 2. The van der Waals surface area contributed by atoms with Crippen molar-refractivity contribution in [3.05, 3.63) is 81.9 Å². The topological polar surface area (TPSA) is 70.1 Å². The van der Waals surface area contributed by atoms with Crippen LogP contribution in [0.1, 0.15) is 17.2 Å². The van der Waals surface area contributed by atoms with E-state index in [-0.39, 0.29) is 11.3 Å². The highest BCUT2D eigenvalue weighted by atomic mass is 35.5. The van der Waals surface area contributed by atoms with Crippen molar-refractivity contribution in [2.24, 2.45) is 0 Å². The van der Waals surface area contributed by atoms with Gasteiger partial charge in [-0.1, -0.05) is 41.9 Å². The second kappa shape index (κ2) is 10.2. The van der Waals surface area contributed by atoms with E-state index in [0.717, 1.165) is 0 Å². The van der Waals surface area contributed by atoms with Crippen LogP contribution in [0.4, 0.5) is 0 Å². The van der Waals surface area contributed by atoms with E-state index in [1.54, 1.807) is 48.5 Å². The molecule has 1 N–H and O–H groups in total. The number of Topliss-reactive ketones (excluding diaryl/α,β-unsaturated/α-hetero) is 1. The van der Waals surface area contributed by atoms with Gasteiger partial charge >= 0.3 is 0 Å². The van der Waals surface area contributed by atoms with Gasteiger partial charge in [-0.15, -0.1) is 0 Å². The van der Waals surface area contributed by atoms with E-state index >= 15 is 0 Å². The highest BCUT2D eigenvalue weighted by Gasteiger charge is 2.46. The first-order valence-electron chi connectivity index (χ1n) is 9.96. The first kappa shape index (κ1) is 23.9. The number of ketones is 1. The van der Waals surface area contributed by atoms with Crippen LogP contribution >= 0.6 is 23.2 Å². The number of nitrogens with zero attached hydrogens (tertiary/aromatic N) is 2. The van der Waals surface area contributed by atoms with Crippen molar-refractivity contribution in [1.29, 1.82) is 0 Å². The normalized spacial score (nSPS) is 17.8. The summed E-state index contributed by atoms with van der Waals surface area (Å²) in [5.41, 5.74) is 0.989. The molecule has 1 aliphatic rings. The van der Waals surface area contributed by atoms with Gasteiger partial charge in [0.2, 0.25) is 0 Å². The Kier molecular flexibility index (Phi) is 7.61. The smallest absolute Gasteiger partial charge is 0.295 e. The molecule has 3 rings (SSSR count). The minimum Gasteiger partial charge on any atom is -0.507 e. The fourth-order valence-electron chi connectivity index (χ4n) is 3.47. The molecule has 0 spiro atoms. The maximum Gasteiger partial charge on any atom is 0.295 e. The van der Waals surface area contributed by atoms with Gasteiger partial charge in [-0.3, -0.25) is 9.59 Å². The van der Waals surface area contributed by atoms with Crippen molar-refractivity contribution < 1.29 is 19.4 Å². The third kappa shape index (κ3) is 4.99. The number of hydrogen-bond acceptors (Lipinski definition) is 5. The summed E-state index contributed by atoms with van der Waals surface area (Å²) < 4.78 is 5.46. The summed E-state index contributed by atoms with van der Waals surface area (Å²) in [5, 5.41) is 11.7. The Labute approximate surface area is 197 Å². The number of likely N-dealkylation sites (N-methyl/N-ethyl adjacent to an activating group) is 1. The molecule has 0 saturated carbocycles. The molecule has 0 radical (unpaired) electrons. The van der Waals surface area contributed by atoms with E-state index in [9.17, 15) is 14.7 Å². The van der Waals surface area contributed by atoms with Crippen molar-refractivity contribution in [3.63, 3.8) is 0 Å². The molecule has 1 amide bonds. The van der Waals surface area contributed by atoms with Gasteiger partial charge in [0.15, 0.2) is 0 Å². The molecule has 6 nitrogen and oxygen atoms in total. The number of rotatable bonds is 8. The molecule has 1 heterocycles. The Balaban J connectivity index is 2.09. The van der Waals surface area contributed by atoms with Crippen molar-refractivity contribution in [3.8, 4) is 5.75 Å². The lowest BCUT2D eigenvalue weighted by molar-refractivity contribution is -0.140. The molecule has 32 heavy (non-hydrogen) atoms. The number of halogens is 2. The maximum atomic E-state index is 13.0. The number of carbonyl (C=O) groups is 2. The maximum absolute atomic E-state index is 13.0. The van der Waals surface area contributed by atoms with E-state index in [0.29, 0.717) is 46.6 Å². The number of aliphatic hydroxyl groups is 1. The molecule has 2 aromatic carbocycles. The lowest BCUT2D eigenvalue weighted by Crippen LogP contribution is -2.35. The number of benzene rings is 2. The molecule has 1 saturated heterocycles. The first-order chi connectivity index (χ1) is 15.2. The molecule has 168 valence electrons. The number of likely N-dealkylation sites (tertiary alicyclic amines) is 1. The molecule has 0 aliphatic carbocycles. The van der Waals surface area contributed by atoms with Crippen LogP contribution in [0.5, 0.6) is 5.75 Å². The SMILES string of the molecule is C=CCOc1ccc(C(O)=C2C(=O)C(=O)N(CCN(C)C)C2c2ccc(Cl)c(Cl)c2)cc1. The van der Waals surface area contributed by atoms with Crippen LogP contribution in [0, 0.1) is 0 Å². The van der Waals surface area contributed by atoms with Gasteiger partial charge in [0.05, 0.1) is 21.7 Å². The van der Waals surface area contributed by atoms with Gasteiger partial charge in [-0.25, -0.2) is 0 Å². The largest absolute Gasteiger partial charge is 0.507 e. The van der Waals surface area contributed by atoms with E-state index in [1.165, 1.54) is 4.90 Å². The third-order valence-electron chi connectivity index (χ3n) is 5.08. The highest BCUT2D eigenvalue weighted by Crippen LogP contribution is 2.40. The van der Waals surface area contributed by atoms with E-state index in [1.807, 2.05) is 19.0 Å². The molecule has 2 aromatic rings. The molecule has 1 unspecified atom stereocenters. The average Bonchev–Trinajstić information content (AvgIpc) is 3.02. The predicted octanol–water partition coefficient (Wildman–Crippen LogP) is 4.54. The van der Waals surface area contributed by atoms with Crippen molar-refractivity contribution in [2.75, 3.05) is 33.8 Å². The van der Waals surface area contributed by atoms with Crippen LogP contribution in [0.2, 0.25) is 10.0 Å². The summed E-state index contributed by atoms with van der Waals surface area (Å²) in [6.07, 6.45) is 1.63. The van der Waals surface area contributed by atoms with Gasteiger partial charge < -0.3 is 19.6 Å². The van der Waals surface area contributed by atoms with Crippen LogP contribution in [0.3, 0.4) is 0 Å². The Hall–Kier alpha value is -2.80. The summed E-state index contributed by atoms with van der Waals surface area (Å²) in [6, 6.07) is 10.7. The van der Waals surface area contributed by atoms with Crippen LogP contribution in [0.15, 0.2) is 60.7 Å². The van der Waals surface area contributed by atoms with Crippen LogP contribution in [0.25, 0.3) is 5.76 Å². The minimum absolute atomic E-state index is 0.00639. The zero-order valence-electron chi connectivity index (χ0n) is 17.8. The summed E-state index contributed by atoms with van der Waals surface area (Å²) in [4.78, 5) is 29.3. The summed E-state index contributed by atoms with van der Waals surface area (Å²) in [6.45, 7) is 4.79. The third-order valence-corrected chi connectivity index (χ3v) is 5.82. The van der Waals surface area contributed by atoms with Gasteiger partial charge in [0.1, 0.15) is 18.1 Å². The summed E-state index contributed by atoms with van der Waals surface area (Å²) in [5.74, 6) is -1.09. The van der Waals surface area contributed by atoms with Gasteiger partial charge in [0.25, 0.3) is 11.7 Å². The molecular formula is C24H24Cl2N2O4. The van der Waals surface area contributed by atoms with E-state index in [2.05, 4.69) is 6.58 Å². The number of ether oxygens (including phenoxy) is 1. The van der Waals surface area contributed by atoms with Crippen LogP contribution in [-0.4, -0.2) is 60.4 Å². The molecule has 8 heteroatoms. The highest BCUT2D eigenvalue weighted by molar-refractivity contribution is 6.46. The Morgan fingerprint density at radius 3 is 2.44 bits per heavy atom. The molecule has 1 atom stereocenters. The van der Waals surface area contributed by atoms with Gasteiger partial charge in [0, 0.05) is 18.7 Å². The standard InChI is InChI=1S/C24H24Cl2N2O4/c1-4-13-32-17-8-5-15(6-9-17)22(29)20-21(16-7-10-18(25)19(26)14-16)28(12-11-27(2)3)24(31)23(20)30/h4-10,14,21,29H,1,11-13H2,2-3H3. The molecule has 1 fully saturated rings. The van der Waals surface area contributed by atoms with E-state index < -0.39 is 17.7 Å². The fraction of sp³-hybridized carbons (Fsp3) is 0.250. The number of amides is 1. The van der Waals surface area contributed by atoms with Crippen molar-refractivity contribution >= 4 is 40.7 Å². The monoisotopic (exact) mass is 474 g/mol. The Morgan fingerprint density at radius 1 is 1.16 bits per heavy atom. The molecule has 1 aliphatic heterocycles. The predicted molar refractivity (Wildman–Crippen MR) is 126 cm³/mol. The van der Waals surface area contributed by atoms with Crippen LogP contribution in [-0.2, 0) is 9.59 Å². The quantitative estimate of drug-likeness (QED) is 0.263. The lowest BCUT2D eigenvalue weighted by Gasteiger charge is -2.26. The van der Waals surface area contributed by atoms with Crippen molar-refractivity contribution in [2.45, 2.75) is 6.04 Å². The summed E-state index contributed by atoms with van der Waals surface area (Å²) >= 11 is 12.3. The molecular weight excluding hydrogens is 451 g/mol. The zero-order chi connectivity index (χ0) is 23.4. The Morgan fingerprint density at radius 2 is 1.84 bits per heavy atom. The Bertz CT molecular complexity index is 1060. The summed E-state index contributed by atoms with van der Waals surface area (Å²) in [7, 11) is 3.75. The first-order valence-corrected chi connectivity index (χ1v) is 10.7. The lowest BCUT2D eigenvalue weighted by atomic mass is 9.95. The van der Waals surface area contributed by atoms with Gasteiger partial charge in [-0.2, -0.15) is 0 Å². The fourth-order valence-corrected chi connectivity index (χ4v) is 3.77.